The number of rotatable bonds is 2. The Hall–Kier alpha value is -2.21. The Morgan fingerprint density at radius 2 is 2.24 bits per heavy atom. The standard InChI is InChI=1S/C11H11N5O/c1-7-4-10-14-15-11(16(10)6-13-7)9-3-2-8(5-12)17-9/h2-4,6H,5,12H2,1H3. The van der Waals surface area contributed by atoms with E-state index in [2.05, 4.69) is 15.2 Å². The molecule has 0 unspecified atom stereocenters. The summed E-state index contributed by atoms with van der Waals surface area (Å²) in [4.78, 5) is 4.21. The summed E-state index contributed by atoms with van der Waals surface area (Å²) in [7, 11) is 0. The van der Waals surface area contributed by atoms with Gasteiger partial charge in [-0.15, -0.1) is 10.2 Å². The Balaban J connectivity index is 2.17. The highest BCUT2D eigenvalue weighted by atomic mass is 16.3. The molecule has 3 heterocycles. The van der Waals surface area contributed by atoms with Crippen molar-refractivity contribution in [3.63, 3.8) is 0 Å². The van der Waals surface area contributed by atoms with Crippen molar-refractivity contribution in [3.8, 4) is 11.6 Å². The van der Waals surface area contributed by atoms with Crippen LogP contribution in [-0.2, 0) is 6.54 Å². The molecule has 17 heavy (non-hydrogen) atoms. The van der Waals surface area contributed by atoms with Gasteiger partial charge in [0.05, 0.1) is 6.54 Å². The molecule has 0 fully saturated rings. The van der Waals surface area contributed by atoms with Crippen LogP contribution in [0.2, 0.25) is 0 Å². The van der Waals surface area contributed by atoms with Crippen molar-refractivity contribution in [3.05, 3.63) is 36.0 Å². The quantitative estimate of drug-likeness (QED) is 0.712. The summed E-state index contributed by atoms with van der Waals surface area (Å²) in [6, 6.07) is 5.53. The summed E-state index contributed by atoms with van der Waals surface area (Å²) in [5.41, 5.74) is 7.15. The predicted molar refractivity (Wildman–Crippen MR) is 61.1 cm³/mol. The normalized spacial score (nSPS) is 11.2. The van der Waals surface area contributed by atoms with Crippen LogP contribution in [0.1, 0.15) is 11.5 Å². The first-order valence-electron chi connectivity index (χ1n) is 5.24. The Bertz CT molecular complexity index is 669. The Morgan fingerprint density at radius 3 is 3.00 bits per heavy atom. The topological polar surface area (TPSA) is 82.2 Å². The molecule has 6 nitrogen and oxygen atoms in total. The third-order valence-corrected chi connectivity index (χ3v) is 2.52. The summed E-state index contributed by atoms with van der Waals surface area (Å²) < 4.78 is 7.32. The lowest BCUT2D eigenvalue weighted by Crippen LogP contribution is -1.93. The van der Waals surface area contributed by atoms with E-state index in [1.807, 2.05) is 25.1 Å². The zero-order chi connectivity index (χ0) is 11.8. The largest absolute Gasteiger partial charge is 0.456 e. The number of nitrogens with two attached hydrogens (primary N) is 1. The smallest absolute Gasteiger partial charge is 0.205 e. The third-order valence-electron chi connectivity index (χ3n) is 2.52. The van der Waals surface area contributed by atoms with Gasteiger partial charge in [-0.3, -0.25) is 4.40 Å². The minimum atomic E-state index is 0.369. The van der Waals surface area contributed by atoms with Gasteiger partial charge >= 0.3 is 0 Å². The van der Waals surface area contributed by atoms with Crippen LogP contribution >= 0.6 is 0 Å². The average Bonchev–Trinajstić information content (AvgIpc) is 2.93. The van der Waals surface area contributed by atoms with Crippen molar-refractivity contribution in [2.75, 3.05) is 0 Å². The van der Waals surface area contributed by atoms with Crippen molar-refractivity contribution in [2.45, 2.75) is 13.5 Å². The van der Waals surface area contributed by atoms with E-state index >= 15 is 0 Å². The highest BCUT2D eigenvalue weighted by Gasteiger charge is 2.12. The molecule has 0 atom stereocenters. The molecule has 3 aromatic heterocycles. The molecule has 0 aliphatic rings. The molecule has 0 amide bonds. The van der Waals surface area contributed by atoms with Crippen LogP contribution in [0.15, 0.2) is 28.9 Å². The molecule has 0 bridgehead atoms. The molecule has 0 saturated heterocycles. The molecular formula is C11H11N5O. The summed E-state index contributed by atoms with van der Waals surface area (Å²) in [6.07, 6.45) is 1.69. The van der Waals surface area contributed by atoms with Gasteiger partial charge in [0.25, 0.3) is 0 Å². The third kappa shape index (κ3) is 1.58. The number of furan rings is 1. The Kier molecular flexibility index (Phi) is 2.15. The first kappa shape index (κ1) is 9.98. The van der Waals surface area contributed by atoms with Crippen molar-refractivity contribution < 1.29 is 4.42 Å². The fourth-order valence-corrected chi connectivity index (χ4v) is 1.66. The second kappa shape index (κ2) is 3.67. The van der Waals surface area contributed by atoms with E-state index in [0.29, 0.717) is 18.1 Å². The maximum atomic E-state index is 5.54. The maximum Gasteiger partial charge on any atom is 0.205 e. The van der Waals surface area contributed by atoms with Gasteiger partial charge < -0.3 is 10.2 Å². The fraction of sp³-hybridized carbons (Fsp3) is 0.182. The van der Waals surface area contributed by atoms with Gasteiger partial charge in [-0.05, 0) is 19.1 Å². The van der Waals surface area contributed by atoms with Crippen LogP contribution in [0.5, 0.6) is 0 Å². The number of nitrogens with zero attached hydrogens (tertiary/aromatic N) is 4. The van der Waals surface area contributed by atoms with Crippen LogP contribution in [0.3, 0.4) is 0 Å². The minimum absolute atomic E-state index is 0.369. The average molecular weight is 229 g/mol. The number of hydrogen-bond acceptors (Lipinski definition) is 5. The minimum Gasteiger partial charge on any atom is -0.456 e. The Morgan fingerprint density at radius 1 is 1.35 bits per heavy atom. The summed E-state index contributed by atoms with van der Waals surface area (Å²) in [6.45, 7) is 2.28. The number of hydrogen-bond donors (Lipinski definition) is 1. The summed E-state index contributed by atoms with van der Waals surface area (Å²) in [5.74, 6) is 1.99. The van der Waals surface area contributed by atoms with Crippen LogP contribution < -0.4 is 5.73 Å². The molecule has 0 aromatic carbocycles. The second-order valence-electron chi connectivity index (χ2n) is 3.75. The zero-order valence-electron chi connectivity index (χ0n) is 9.29. The number of aryl methyl sites for hydroxylation is 1. The molecule has 86 valence electrons. The van der Waals surface area contributed by atoms with Gasteiger partial charge in [0.1, 0.15) is 12.1 Å². The Labute approximate surface area is 97.1 Å². The first-order valence-corrected chi connectivity index (χ1v) is 5.24. The van der Waals surface area contributed by atoms with Crippen LogP contribution in [-0.4, -0.2) is 19.6 Å². The summed E-state index contributed by atoms with van der Waals surface area (Å²) >= 11 is 0. The van der Waals surface area contributed by atoms with Gasteiger partial charge in [-0.25, -0.2) is 4.98 Å². The van der Waals surface area contributed by atoms with E-state index in [9.17, 15) is 0 Å². The lowest BCUT2D eigenvalue weighted by Gasteiger charge is -1.96. The molecule has 0 aliphatic carbocycles. The molecule has 0 aliphatic heterocycles. The molecule has 3 rings (SSSR count). The monoisotopic (exact) mass is 229 g/mol. The SMILES string of the molecule is Cc1cc2nnc(-c3ccc(CN)o3)n2cn1. The van der Waals surface area contributed by atoms with Crippen LogP contribution in [0.4, 0.5) is 0 Å². The lowest BCUT2D eigenvalue weighted by molar-refractivity contribution is 0.521. The van der Waals surface area contributed by atoms with Crippen LogP contribution in [0.25, 0.3) is 17.2 Å². The second-order valence-corrected chi connectivity index (χ2v) is 3.75. The van der Waals surface area contributed by atoms with E-state index in [-0.39, 0.29) is 0 Å². The molecule has 6 heteroatoms. The molecule has 2 N–H and O–H groups in total. The lowest BCUT2D eigenvalue weighted by atomic mass is 10.4. The predicted octanol–water partition coefficient (Wildman–Crippen LogP) is 1.15. The number of aromatic nitrogens is 4. The number of fused-ring (bicyclic) bond motifs is 1. The van der Waals surface area contributed by atoms with Gasteiger partial charge in [0.15, 0.2) is 11.4 Å². The van der Waals surface area contributed by atoms with Crippen LogP contribution in [0, 0.1) is 6.92 Å². The van der Waals surface area contributed by atoms with Gasteiger partial charge in [-0.2, -0.15) is 0 Å². The molecule has 0 spiro atoms. The molecule has 0 saturated carbocycles. The van der Waals surface area contributed by atoms with Crippen molar-refractivity contribution in [1.82, 2.24) is 19.6 Å². The summed E-state index contributed by atoms with van der Waals surface area (Å²) in [5, 5.41) is 8.17. The first-order chi connectivity index (χ1) is 8.28. The fourth-order valence-electron chi connectivity index (χ4n) is 1.66. The van der Waals surface area contributed by atoms with E-state index in [0.717, 1.165) is 17.1 Å². The zero-order valence-corrected chi connectivity index (χ0v) is 9.29. The van der Waals surface area contributed by atoms with Crippen molar-refractivity contribution in [2.24, 2.45) is 5.73 Å². The van der Waals surface area contributed by atoms with Gasteiger partial charge in [0.2, 0.25) is 5.82 Å². The van der Waals surface area contributed by atoms with E-state index in [4.69, 9.17) is 10.2 Å². The molecular weight excluding hydrogens is 218 g/mol. The molecule has 0 radical (unpaired) electrons. The molecule has 3 aromatic rings. The van der Waals surface area contributed by atoms with Crippen molar-refractivity contribution in [1.29, 1.82) is 0 Å². The van der Waals surface area contributed by atoms with E-state index in [1.165, 1.54) is 0 Å². The van der Waals surface area contributed by atoms with Gasteiger partial charge in [0, 0.05) is 11.8 Å². The van der Waals surface area contributed by atoms with E-state index in [1.54, 1.807) is 10.7 Å². The maximum absolute atomic E-state index is 5.54. The van der Waals surface area contributed by atoms with Crippen molar-refractivity contribution >= 4 is 5.65 Å². The highest BCUT2D eigenvalue weighted by molar-refractivity contribution is 5.53. The van der Waals surface area contributed by atoms with Gasteiger partial charge in [-0.1, -0.05) is 0 Å². The highest BCUT2D eigenvalue weighted by Crippen LogP contribution is 2.20. The van der Waals surface area contributed by atoms with E-state index < -0.39 is 0 Å².